The Hall–Kier alpha value is -4.33. The van der Waals surface area contributed by atoms with Gasteiger partial charge in [0.1, 0.15) is 36.7 Å². The van der Waals surface area contributed by atoms with Gasteiger partial charge in [-0.1, -0.05) is 6.92 Å². The minimum absolute atomic E-state index is 0.00132. The minimum Gasteiger partial charge on any atom is -0.462 e. The fraction of sp³-hybridized carbons (Fsp3) is 0.476. The van der Waals surface area contributed by atoms with Crippen molar-refractivity contribution in [1.82, 2.24) is 14.6 Å². The number of hydrogen-bond acceptors (Lipinski definition) is 14. The predicted molar refractivity (Wildman–Crippen MR) is 118 cm³/mol. The number of nitrogens with zero attached hydrogens (tertiary/aromatic N) is 4. The van der Waals surface area contributed by atoms with Gasteiger partial charge in [-0.2, -0.15) is 10.4 Å². The standard InChI is InChI=1S/C21H24N6O10/c1-3-15(29)36-17-13(7-33-16(30)6-22)37-21(8-23,18(17)31)14-5-4-12-19(24-9-25-27(12)14)26-20(32)35-10-34-11(2)28/h4-5,9,13,17-18,31H,3,6-7,10,22H2,1-2H3,(H,24,25,26,32)/t13-,17-,18-,21+/m1/s1. The average Bonchev–Trinajstić information content (AvgIpc) is 3.43. The van der Waals surface area contributed by atoms with Crippen LogP contribution >= 0.6 is 0 Å². The second-order valence-electron chi connectivity index (χ2n) is 7.58. The lowest BCUT2D eigenvalue weighted by Crippen LogP contribution is -2.43. The van der Waals surface area contributed by atoms with E-state index in [0.717, 1.165) is 13.3 Å². The van der Waals surface area contributed by atoms with Gasteiger partial charge in [-0.3, -0.25) is 19.7 Å². The summed E-state index contributed by atoms with van der Waals surface area (Å²) in [5.41, 5.74) is 3.29. The largest absolute Gasteiger partial charge is 0.462 e. The zero-order valence-corrected chi connectivity index (χ0v) is 19.8. The summed E-state index contributed by atoms with van der Waals surface area (Å²) >= 11 is 0. The first-order chi connectivity index (χ1) is 17.7. The number of aromatic nitrogens is 3. The molecule has 0 aromatic carbocycles. The highest BCUT2D eigenvalue weighted by Gasteiger charge is 2.60. The number of nitrogens with one attached hydrogen (secondary N) is 1. The molecule has 2 aromatic rings. The summed E-state index contributed by atoms with van der Waals surface area (Å²) in [4.78, 5) is 50.4. The van der Waals surface area contributed by atoms with Crippen molar-refractivity contribution in [3.05, 3.63) is 24.2 Å². The normalized spacial score (nSPS) is 22.6. The van der Waals surface area contributed by atoms with E-state index in [2.05, 4.69) is 20.1 Å². The SMILES string of the molecule is CCC(=O)O[C@H]1[C@@H](O)[C@](C#N)(c2ccc3c(NC(=O)OCOC(C)=O)ncnn23)O[C@@H]1COC(=O)CN. The maximum Gasteiger partial charge on any atom is 0.415 e. The lowest BCUT2D eigenvalue weighted by atomic mass is 9.92. The number of ether oxygens (including phenoxy) is 5. The van der Waals surface area contributed by atoms with Crippen LogP contribution in [0.2, 0.25) is 0 Å². The quantitative estimate of drug-likeness (QED) is 0.207. The first kappa shape index (κ1) is 27.3. The first-order valence-corrected chi connectivity index (χ1v) is 10.9. The third-order valence-electron chi connectivity index (χ3n) is 5.23. The zero-order valence-electron chi connectivity index (χ0n) is 19.8. The fourth-order valence-electron chi connectivity index (χ4n) is 3.52. The molecule has 1 aliphatic rings. The number of aliphatic hydroxyl groups excluding tert-OH is 1. The monoisotopic (exact) mass is 520 g/mol. The van der Waals surface area contributed by atoms with Crippen LogP contribution in [0.1, 0.15) is 26.0 Å². The highest BCUT2D eigenvalue weighted by molar-refractivity contribution is 5.88. The Kier molecular flexibility index (Phi) is 8.55. The summed E-state index contributed by atoms with van der Waals surface area (Å²) in [6.45, 7) is 1.17. The zero-order chi connectivity index (χ0) is 27.2. The molecule has 16 heteroatoms. The number of esters is 3. The number of carbonyl (C=O) groups excluding carboxylic acids is 4. The molecule has 3 rings (SSSR count). The molecule has 3 heterocycles. The maximum atomic E-state index is 12.0. The van der Waals surface area contributed by atoms with Crippen molar-refractivity contribution in [2.45, 2.75) is 44.2 Å². The molecule has 1 fully saturated rings. The van der Waals surface area contributed by atoms with Gasteiger partial charge in [0.05, 0.1) is 12.2 Å². The maximum absolute atomic E-state index is 12.0. The van der Waals surface area contributed by atoms with Crippen LogP contribution in [0.25, 0.3) is 5.52 Å². The summed E-state index contributed by atoms with van der Waals surface area (Å²) < 4.78 is 26.6. The van der Waals surface area contributed by atoms with Crippen molar-refractivity contribution in [2.24, 2.45) is 5.73 Å². The molecule has 37 heavy (non-hydrogen) atoms. The summed E-state index contributed by atoms with van der Waals surface area (Å²) in [5, 5.41) is 27.7. The Morgan fingerprint density at radius 3 is 2.68 bits per heavy atom. The van der Waals surface area contributed by atoms with E-state index in [1.54, 1.807) is 0 Å². The topological polar surface area (TPSA) is 227 Å². The molecule has 2 aromatic heterocycles. The van der Waals surface area contributed by atoms with Crippen molar-refractivity contribution in [2.75, 3.05) is 25.3 Å². The van der Waals surface area contributed by atoms with Gasteiger partial charge >= 0.3 is 24.0 Å². The van der Waals surface area contributed by atoms with Crippen LogP contribution in [-0.4, -0.2) is 82.0 Å². The van der Waals surface area contributed by atoms with Crippen LogP contribution in [0.3, 0.4) is 0 Å². The molecule has 0 aliphatic carbocycles. The van der Waals surface area contributed by atoms with Gasteiger partial charge < -0.3 is 34.5 Å². The smallest absolute Gasteiger partial charge is 0.415 e. The predicted octanol–water partition coefficient (Wildman–Crippen LogP) is -0.899. The molecule has 4 atom stereocenters. The molecule has 0 radical (unpaired) electrons. The van der Waals surface area contributed by atoms with Gasteiger partial charge in [0, 0.05) is 13.3 Å². The molecule has 4 N–H and O–H groups in total. The van der Waals surface area contributed by atoms with Crippen molar-refractivity contribution in [3.63, 3.8) is 0 Å². The fourth-order valence-corrected chi connectivity index (χ4v) is 3.52. The number of nitrogens with two attached hydrogens (primary N) is 1. The second-order valence-corrected chi connectivity index (χ2v) is 7.58. The Balaban J connectivity index is 1.94. The van der Waals surface area contributed by atoms with E-state index in [0.29, 0.717) is 0 Å². The Bertz CT molecular complexity index is 1230. The molecule has 16 nitrogen and oxygen atoms in total. The summed E-state index contributed by atoms with van der Waals surface area (Å²) in [7, 11) is 0. The van der Waals surface area contributed by atoms with Crippen molar-refractivity contribution >= 4 is 35.3 Å². The van der Waals surface area contributed by atoms with E-state index in [-0.39, 0.29) is 23.4 Å². The number of carbonyl (C=O) groups is 4. The van der Waals surface area contributed by atoms with Crippen LogP contribution in [0.4, 0.5) is 10.6 Å². The van der Waals surface area contributed by atoms with E-state index in [1.165, 1.54) is 23.6 Å². The minimum atomic E-state index is -2.13. The highest BCUT2D eigenvalue weighted by Crippen LogP contribution is 2.42. The van der Waals surface area contributed by atoms with Gasteiger partial charge in [0.2, 0.25) is 12.4 Å². The third kappa shape index (κ3) is 5.74. The van der Waals surface area contributed by atoms with Gasteiger partial charge in [0.15, 0.2) is 11.9 Å². The van der Waals surface area contributed by atoms with Gasteiger partial charge in [-0.05, 0) is 12.1 Å². The highest BCUT2D eigenvalue weighted by atomic mass is 16.7. The Labute approximate surface area is 209 Å². The van der Waals surface area contributed by atoms with Crippen LogP contribution in [0, 0.1) is 11.3 Å². The van der Waals surface area contributed by atoms with Crippen LogP contribution in [0.5, 0.6) is 0 Å². The summed E-state index contributed by atoms with van der Waals surface area (Å²) in [6, 6.07) is 4.72. The van der Waals surface area contributed by atoms with Crippen molar-refractivity contribution < 1.29 is 48.0 Å². The number of aliphatic hydroxyl groups is 1. The summed E-state index contributed by atoms with van der Waals surface area (Å²) in [5.74, 6) is -2.15. The molecule has 1 amide bonds. The number of nitriles is 1. The number of anilines is 1. The molecule has 0 saturated carbocycles. The van der Waals surface area contributed by atoms with Crippen LogP contribution < -0.4 is 11.1 Å². The molecular weight excluding hydrogens is 496 g/mol. The number of amides is 1. The Morgan fingerprint density at radius 1 is 1.27 bits per heavy atom. The van der Waals surface area contributed by atoms with E-state index in [9.17, 15) is 29.5 Å². The van der Waals surface area contributed by atoms with Crippen LogP contribution in [-0.2, 0) is 43.7 Å². The van der Waals surface area contributed by atoms with E-state index >= 15 is 0 Å². The number of rotatable bonds is 9. The lowest BCUT2D eigenvalue weighted by molar-refractivity contribution is -0.159. The summed E-state index contributed by atoms with van der Waals surface area (Å²) in [6.07, 6.45) is -4.29. The average molecular weight is 520 g/mol. The molecule has 0 bridgehead atoms. The number of fused-ring (bicyclic) bond motifs is 1. The molecular formula is C21H24N6O10. The number of hydrogen-bond donors (Lipinski definition) is 3. The molecule has 0 unspecified atom stereocenters. The van der Waals surface area contributed by atoms with E-state index in [1.807, 2.05) is 6.07 Å². The Morgan fingerprint density at radius 2 is 2.03 bits per heavy atom. The van der Waals surface area contributed by atoms with Gasteiger partial charge in [-0.15, -0.1) is 0 Å². The van der Waals surface area contributed by atoms with Crippen LogP contribution in [0.15, 0.2) is 18.5 Å². The molecule has 1 saturated heterocycles. The third-order valence-corrected chi connectivity index (χ3v) is 5.23. The lowest BCUT2D eigenvalue weighted by Gasteiger charge is -2.24. The second kappa shape index (κ2) is 11.6. The van der Waals surface area contributed by atoms with Crippen molar-refractivity contribution in [1.29, 1.82) is 5.26 Å². The molecule has 0 spiro atoms. The molecule has 1 aliphatic heterocycles. The van der Waals surface area contributed by atoms with E-state index in [4.69, 9.17) is 24.7 Å². The van der Waals surface area contributed by atoms with Gasteiger partial charge in [0.25, 0.3) is 0 Å². The first-order valence-electron chi connectivity index (χ1n) is 10.9. The molecule has 198 valence electrons. The van der Waals surface area contributed by atoms with Crippen molar-refractivity contribution in [3.8, 4) is 6.07 Å². The van der Waals surface area contributed by atoms with E-state index < -0.39 is 67.9 Å². The van der Waals surface area contributed by atoms with Gasteiger partial charge in [-0.25, -0.2) is 14.3 Å².